The Morgan fingerprint density at radius 3 is 2.36 bits per heavy atom. The highest BCUT2D eigenvalue weighted by atomic mass is 16.5. The number of amides is 1. The van der Waals surface area contributed by atoms with Gasteiger partial charge in [-0.15, -0.1) is 5.43 Å². The standard InChI is InChI=1S/C8H13N3O3/c1-5(11-9-3)7(12)10-6(2)8(13)14-4/h5-6,11H,1-2,4H3,(H,10,12)/t5-,6-/m0/s1. The van der Waals surface area contributed by atoms with E-state index in [4.69, 9.17) is 6.57 Å². The summed E-state index contributed by atoms with van der Waals surface area (Å²) in [4.78, 5) is 25.0. The smallest absolute Gasteiger partial charge is 0.328 e. The van der Waals surface area contributed by atoms with E-state index in [-0.39, 0.29) is 0 Å². The number of ether oxygens (including phenoxy) is 1. The molecule has 0 spiro atoms. The van der Waals surface area contributed by atoms with Crippen LogP contribution in [0.25, 0.3) is 4.95 Å². The van der Waals surface area contributed by atoms with Gasteiger partial charge in [-0.1, -0.05) is 0 Å². The molecule has 0 aromatic heterocycles. The zero-order valence-electron chi connectivity index (χ0n) is 8.33. The number of carbonyl (C=O) groups excluding carboxylic acids is 2. The Balaban J connectivity index is 4.06. The maximum atomic E-state index is 11.2. The number of nitrogens with one attached hydrogen (secondary N) is 2. The summed E-state index contributed by atoms with van der Waals surface area (Å²) in [7, 11) is 1.24. The van der Waals surface area contributed by atoms with Crippen LogP contribution in [0.15, 0.2) is 0 Å². The molecule has 2 N–H and O–H groups in total. The average Bonchev–Trinajstić information content (AvgIpc) is 2.16. The van der Waals surface area contributed by atoms with Gasteiger partial charge in [-0.3, -0.25) is 4.79 Å². The van der Waals surface area contributed by atoms with Gasteiger partial charge in [-0.25, -0.2) is 4.79 Å². The van der Waals surface area contributed by atoms with Gasteiger partial charge in [0.2, 0.25) is 5.91 Å². The van der Waals surface area contributed by atoms with Gasteiger partial charge in [0.25, 0.3) is 0 Å². The Kier molecular flexibility index (Phi) is 5.07. The zero-order valence-corrected chi connectivity index (χ0v) is 8.33. The summed E-state index contributed by atoms with van der Waals surface area (Å²) in [6.45, 7) is 9.51. The molecule has 1 amide bonds. The first-order valence-corrected chi connectivity index (χ1v) is 4.03. The van der Waals surface area contributed by atoms with E-state index in [9.17, 15) is 9.59 Å². The van der Waals surface area contributed by atoms with Crippen molar-refractivity contribution >= 4 is 11.9 Å². The monoisotopic (exact) mass is 199 g/mol. The molecule has 0 bridgehead atoms. The summed E-state index contributed by atoms with van der Waals surface area (Å²) in [6.07, 6.45) is 0. The van der Waals surface area contributed by atoms with E-state index in [0.717, 1.165) is 0 Å². The molecule has 0 fully saturated rings. The van der Waals surface area contributed by atoms with Gasteiger partial charge in [-0.05, 0) is 13.8 Å². The molecule has 0 saturated heterocycles. The topological polar surface area (TPSA) is 71.8 Å². The summed E-state index contributed by atoms with van der Waals surface area (Å²) in [5, 5.41) is 2.40. The molecule has 0 aromatic rings. The lowest BCUT2D eigenvalue weighted by atomic mass is 10.3. The molecule has 14 heavy (non-hydrogen) atoms. The van der Waals surface area contributed by atoms with Gasteiger partial charge in [0.05, 0.1) is 7.11 Å². The number of hydrogen-bond acceptors (Lipinski definition) is 4. The van der Waals surface area contributed by atoms with E-state index < -0.39 is 24.0 Å². The lowest BCUT2D eigenvalue weighted by Crippen LogP contribution is -2.46. The normalized spacial score (nSPS) is 13.3. The third kappa shape index (κ3) is 3.76. The molecule has 2 atom stereocenters. The minimum absolute atomic E-state index is 0.418. The van der Waals surface area contributed by atoms with E-state index in [2.05, 4.69) is 20.4 Å². The molecular weight excluding hydrogens is 186 g/mol. The van der Waals surface area contributed by atoms with E-state index in [0.29, 0.717) is 0 Å². The minimum Gasteiger partial charge on any atom is -0.467 e. The molecule has 0 saturated carbocycles. The van der Waals surface area contributed by atoms with Crippen LogP contribution in [-0.4, -0.2) is 31.1 Å². The van der Waals surface area contributed by atoms with Crippen molar-refractivity contribution in [3.05, 3.63) is 11.5 Å². The fourth-order valence-corrected chi connectivity index (χ4v) is 0.730. The predicted octanol–water partition coefficient (Wildman–Crippen LogP) is -0.524. The van der Waals surface area contributed by atoms with Crippen molar-refractivity contribution in [3.63, 3.8) is 0 Å². The van der Waals surface area contributed by atoms with Crippen molar-refractivity contribution in [2.45, 2.75) is 25.9 Å². The van der Waals surface area contributed by atoms with Crippen LogP contribution >= 0.6 is 0 Å². The maximum absolute atomic E-state index is 11.2. The second kappa shape index (κ2) is 5.80. The Morgan fingerprint density at radius 2 is 1.93 bits per heavy atom. The van der Waals surface area contributed by atoms with Crippen LogP contribution in [0.5, 0.6) is 0 Å². The largest absolute Gasteiger partial charge is 0.467 e. The molecule has 0 heterocycles. The molecule has 0 unspecified atom stereocenters. The van der Waals surface area contributed by atoms with E-state index in [1.54, 1.807) is 0 Å². The van der Waals surface area contributed by atoms with Gasteiger partial charge in [0.1, 0.15) is 6.04 Å². The van der Waals surface area contributed by atoms with Gasteiger partial charge in [0.15, 0.2) is 6.04 Å². The number of nitrogens with zero attached hydrogens (tertiary/aromatic N) is 1. The summed E-state index contributed by atoms with van der Waals surface area (Å²) < 4.78 is 4.42. The minimum atomic E-state index is -0.706. The summed E-state index contributed by atoms with van der Waals surface area (Å²) in [5.74, 6) is -0.938. The van der Waals surface area contributed by atoms with Crippen LogP contribution in [0, 0.1) is 6.57 Å². The SMILES string of the molecule is [C-]#[N+]N[C@@H](C)C(=O)N[C@@H](C)C(=O)OC. The Hall–Kier alpha value is -1.77. The molecule has 0 rings (SSSR count). The van der Waals surface area contributed by atoms with Crippen LogP contribution < -0.4 is 10.7 Å². The first kappa shape index (κ1) is 12.2. The van der Waals surface area contributed by atoms with Gasteiger partial charge in [-0.2, -0.15) is 11.5 Å². The fourth-order valence-electron chi connectivity index (χ4n) is 0.730. The van der Waals surface area contributed by atoms with Crippen molar-refractivity contribution < 1.29 is 14.3 Å². The third-order valence-corrected chi connectivity index (χ3v) is 1.56. The summed E-state index contributed by atoms with van der Waals surface area (Å²) in [6, 6.07) is -1.36. The van der Waals surface area contributed by atoms with Crippen molar-refractivity contribution in [2.24, 2.45) is 0 Å². The van der Waals surface area contributed by atoms with E-state index in [1.165, 1.54) is 21.0 Å². The maximum Gasteiger partial charge on any atom is 0.328 e. The third-order valence-electron chi connectivity index (χ3n) is 1.56. The van der Waals surface area contributed by atoms with Crippen LogP contribution in [0.2, 0.25) is 0 Å². The number of carbonyl (C=O) groups is 2. The quantitative estimate of drug-likeness (QED) is 0.363. The number of methoxy groups -OCH3 is 1. The van der Waals surface area contributed by atoms with Crippen molar-refractivity contribution in [2.75, 3.05) is 7.11 Å². The van der Waals surface area contributed by atoms with Crippen molar-refractivity contribution in [3.8, 4) is 0 Å². The molecule has 0 radical (unpaired) electrons. The fraction of sp³-hybridized carbons (Fsp3) is 0.625. The van der Waals surface area contributed by atoms with Crippen LogP contribution in [0.1, 0.15) is 13.8 Å². The number of esters is 1. The first-order chi connectivity index (χ1) is 6.52. The van der Waals surface area contributed by atoms with Gasteiger partial charge < -0.3 is 10.1 Å². The molecule has 6 nitrogen and oxygen atoms in total. The highest BCUT2D eigenvalue weighted by molar-refractivity contribution is 5.87. The average molecular weight is 199 g/mol. The number of rotatable bonds is 4. The number of hydrogen-bond donors (Lipinski definition) is 2. The van der Waals surface area contributed by atoms with Crippen molar-refractivity contribution in [1.82, 2.24) is 10.7 Å². The summed E-state index contributed by atoms with van der Waals surface area (Å²) in [5.41, 5.74) is 2.24. The molecule has 0 aliphatic carbocycles. The molecule has 6 heteroatoms. The second-order valence-corrected chi connectivity index (χ2v) is 2.72. The lowest BCUT2D eigenvalue weighted by molar-refractivity contribution is -0.144. The van der Waals surface area contributed by atoms with E-state index >= 15 is 0 Å². The molecule has 0 aliphatic rings. The predicted molar refractivity (Wildman–Crippen MR) is 48.8 cm³/mol. The van der Waals surface area contributed by atoms with Crippen molar-refractivity contribution in [1.29, 1.82) is 0 Å². The summed E-state index contributed by atoms with van der Waals surface area (Å²) >= 11 is 0. The molecule has 78 valence electrons. The van der Waals surface area contributed by atoms with Crippen LogP contribution in [-0.2, 0) is 14.3 Å². The van der Waals surface area contributed by atoms with Gasteiger partial charge in [0, 0.05) is 0 Å². The molecule has 0 aromatic carbocycles. The zero-order chi connectivity index (χ0) is 11.1. The first-order valence-electron chi connectivity index (χ1n) is 4.03. The highest BCUT2D eigenvalue weighted by Crippen LogP contribution is 1.89. The van der Waals surface area contributed by atoms with Crippen LogP contribution in [0.4, 0.5) is 0 Å². The lowest BCUT2D eigenvalue weighted by Gasteiger charge is -2.12. The Morgan fingerprint density at radius 1 is 1.36 bits per heavy atom. The highest BCUT2D eigenvalue weighted by Gasteiger charge is 2.20. The Bertz CT molecular complexity index is 259. The molecular formula is C8H13N3O3. The van der Waals surface area contributed by atoms with E-state index in [1.807, 2.05) is 0 Å². The Labute approximate surface area is 82.4 Å². The van der Waals surface area contributed by atoms with Crippen LogP contribution in [0.3, 0.4) is 0 Å². The second-order valence-electron chi connectivity index (χ2n) is 2.72. The van der Waals surface area contributed by atoms with Gasteiger partial charge >= 0.3 is 5.97 Å². The molecule has 0 aliphatic heterocycles.